The van der Waals surface area contributed by atoms with Crippen molar-refractivity contribution in [2.45, 2.75) is 6.54 Å². The molecule has 0 bridgehead atoms. The Bertz CT molecular complexity index is 487. The summed E-state index contributed by atoms with van der Waals surface area (Å²) in [5.74, 6) is -1.06. The summed E-state index contributed by atoms with van der Waals surface area (Å²) < 4.78 is 0. The first kappa shape index (κ1) is 15.7. The van der Waals surface area contributed by atoms with Crippen molar-refractivity contribution in [2.75, 3.05) is 39.3 Å². The summed E-state index contributed by atoms with van der Waals surface area (Å²) in [5, 5.41) is 19.5. The largest absolute Gasteiger partial charge is 0.476 e. The summed E-state index contributed by atoms with van der Waals surface area (Å²) in [4.78, 5) is 28.5. The molecule has 9 heteroatoms. The topological polar surface area (TPSA) is 107 Å². The lowest BCUT2D eigenvalue weighted by atomic mass is 10.3. The van der Waals surface area contributed by atoms with Crippen molar-refractivity contribution < 1.29 is 14.7 Å². The van der Waals surface area contributed by atoms with Gasteiger partial charge in [0.15, 0.2) is 5.69 Å². The van der Waals surface area contributed by atoms with Crippen LogP contribution in [0.3, 0.4) is 0 Å². The molecule has 1 saturated heterocycles. The molecule has 1 aromatic rings. The molecule has 0 radical (unpaired) electrons. The van der Waals surface area contributed by atoms with Gasteiger partial charge in [0.25, 0.3) is 0 Å². The number of hydrogen-bond donors (Lipinski definition) is 4. The van der Waals surface area contributed by atoms with Gasteiger partial charge in [0, 0.05) is 44.6 Å². The molecule has 1 fully saturated rings. The molecule has 1 aliphatic heterocycles. The number of carboxylic acids is 1. The highest BCUT2D eigenvalue weighted by molar-refractivity contribution is 7.09. The van der Waals surface area contributed by atoms with Gasteiger partial charge in [0.05, 0.1) is 6.54 Å². The second-order valence-corrected chi connectivity index (χ2v) is 5.58. The third-order valence-corrected chi connectivity index (χ3v) is 3.94. The van der Waals surface area contributed by atoms with Gasteiger partial charge >= 0.3 is 12.0 Å². The van der Waals surface area contributed by atoms with Crippen molar-refractivity contribution in [1.82, 2.24) is 25.8 Å². The van der Waals surface area contributed by atoms with Crippen LogP contribution in [-0.2, 0) is 6.54 Å². The Morgan fingerprint density at radius 3 is 2.81 bits per heavy atom. The second kappa shape index (κ2) is 7.91. The van der Waals surface area contributed by atoms with Crippen molar-refractivity contribution in [1.29, 1.82) is 0 Å². The summed E-state index contributed by atoms with van der Waals surface area (Å²) in [5.41, 5.74) is 0.0101. The first-order valence-electron chi connectivity index (χ1n) is 6.77. The summed E-state index contributed by atoms with van der Waals surface area (Å²) in [6.45, 7) is 5.63. The number of thiazole rings is 1. The first-order chi connectivity index (χ1) is 10.1. The van der Waals surface area contributed by atoms with Crippen LogP contribution in [0.1, 0.15) is 15.5 Å². The minimum absolute atomic E-state index is 0.0101. The number of amides is 2. The van der Waals surface area contributed by atoms with Crippen molar-refractivity contribution >= 4 is 23.3 Å². The van der Waals surface area contributed by atoms with E-state index in [4.69, 9.17) is 5.11 Å². The van der Waals surface area contributed by atoms with E-state index in [0.717, 1.165) is 32.7 Å². The van der Waals surface area contributed by atoms with E-state index in [9.17, 15) is 9.59 Å². The van der Waals surface area contributed by atoms with Crippen LogP contribution in [0.15, 0.2) is 5.38 Å². The van der Waals surface area contributed by atoms with E-state index >= 15 is 0 Å². The molecule has 0 spiro atoms. The van der Waals surface area contributed by atoms with E-state index in [0.29, 0.717) is 11.6 Å². The predicted molar refractivity (Wildman–Crippen MR) is 78.6 cm³/mol. The molecule has 0 aromatic carbocycles. The fourth-order valence-corrected chi connectivity index (χ4v) is 2.68. The Morgan fingerprint density at radius 2 is 2.14 bits per heavy atom. The van der Waals surface area contributed by atoms with Crippen LogP contribution >= 0.6 is 11.3 Å². The monoisotopic (exact) mass is 313 g/mol. The number of carbonyl (C=O) groups excluding carboxylic acids is 1. The van der Waals surface area contributed by atoms with Gasteiger partial charge in [-0.1, -0.05) is 0 Å². The molecule has 21 heavy (non-hydrogen) atoms. The normalized spacial score (nSPS) is 15.6. The van der Waals surface area contributed by atoms with Gasteiger partial charge in [-0.15, -0.1) is 11.3 Å². The Labute approximate surface area is 126 Å². The lowest BCUT2D eigenvalue weighted by Crippen LogP contribution is -2.47. The molecule has 0 unspecified atom stereocenters. The van der Waals surface area contributed by atoms with Crippen LogP contribution in [-0.4, -0.2) is 66.3 Å². The highest BCUT2D eigenvalue weighted by Gasteiger charge is 2.11. The second-order valence-electron chi connectivity index (χ2n) is 4.63. The Balaban J connectivity index is 1.61. The fourth-order valence-electron chi connectivity index (χ4n) is 1.97. The number of urea groups is 1. The maximum Gasteiger partial charge on any atom is 0.355 e. The smallest absolute Gasteiger partial charge is 0.355 e. The maximum absolute atomic E-state index is 11.6. The molecule has 4 N–H and O–H groups in total. The zero-order valence-electron chi connectivity index (χ0n) is 11.6. The number of carboxylic acid groups (broad SMARTS) is 1. The van der Waals surface area contributed by atoms with Crippen LogP contribution in [0.25, 0.3) is 0 Å². The molecule has 1 aromatic heterocycles. The molecular formula is C12H19N5O3S. The van der Waals surface area contributed by atoms with Crippen LogP contribution in [0, 0.1) is 0 Å². The molecule has 1 aliphatic rings. The molecule has 8 nitrogen and oxygen atoms in total. The summed E-state index contributed by atoms with van der Waals surface area (Å²) in [7, 11) is 0. The Hall–Kier alpha value is -1.71. The lowest BCUT2D eigenvalue weighted by Gasteiger charge is -2.27. The van der Waals surface area contributed by atoms with Crippen LogP contribution in [0.4, 0.5) is 4.79 Å². The Kier molecular flexibility index (Phi) is 5.90. The van der Waals surface area contributed by atoms with Gasteiger partial charge in [-0.2, -0.15) is 0 Å². The van der Waals surface area contributed by atoms with E-state index in [1.54, 1.807) is 0 Å². The van der Waals surface area contributed by atoms with Crippen molar-refractivity contribution in [2.24, 2.45) is 0 Å². The molecule has 0 aliphatic carbocycles. The lowest BCUT2D eigenvalue weighted by molar-refractivity contribution is 0.0691. The van der Waals surface area contributed by atoms with Gasteiger partial charge in [0.2, 0.25) is 0 Å². The highest BCUT2D eigenvalue weighted by atomic mass is 32.1. The number of nitrogens with zero attached hydrogens (tertiary/aromatic N) is 2. The van der Waals surface area contributed by atoms with Gasteiger partial charge < -0.3 is 21.1 Å². The molecule has 0 atom stereocenters. The summed E-state index contributed by atoms with van der Waals surface area (Å²) in [6.07, 6.45) is 0. The average molecular weight is 313 g/mol. The number of piperazine rings is 1. The van der Waals surface area contributed by atoms with E-state index in [1.165, 1.54) is 16.7 Å². The molecule has 2 heterocycles. The van der Waals surface area contributed by atoms with Crippen molar-refractivity contribution in [3.63, 3.8) is 0 Å². The minimum Gasteiger partial charge on any atom is -0.476 e. The van der Waals surface area contributed by atoms with E-state index in [-0.39, 0.29) is 18.3 Å². The van der Waals surface area contributed by atoms with Gasteiger partial charge in [-0.25, -0.2) is 14.6 Å². The van der Waals surface area contributed by atoms with Crippen molar-refractivity contribution in [3.05, 3.63) is 16.1 Å². The number of aromatic nitrogens is 1. The van der Waals surface area contributed by atoms with Crippen molar-refractivity contribution in [3.8, 4) is 0 Å². The molecular weight excluding hydrogens is 294 g/mol. The number of hydrogen-bond acceptors (Lipinski definition) is 6. The fraction of sp³-hybridized carbons (Fsp3) is 0.583. The number of aromatic carboxylic acids is 1. The van der Waals surface area contributed by atoms with Crippen LogP contribution in [0.2, 0.25) is 0 Å². The quantitative estimate of drug-likeness (QED) is 0.566. The van der Waals surface area contributed by atoms with Gasteiger partial charge in [-0.3, -0.25) is 4.90 Å². The molecule has 0 saturated carbocycles. The van der Waals surface area contributed by atoms with Gasteiger partial charge in [0.1, 0.15) is 5.01 Å². The standard InChI is InChI=1S/C12H19N5O3S/c18-11(19)9-8-21-10(16-9)7-15-12(20)14-3-6-17-4-1-13-2-5-17/h8,13H,1-7H2,(H,18,19)(H2,14,15,20). The summed E-state index contributed by atoms with van der Waals surface area (Å²) >= 11 is 1.22. The van der Waals surface area contributed by atoms with E-state index in [1.807, 2.05) is 0 Å². The third kappa shape index (κ3) is 5.29. The van der Waals surface area contributed by atoms with E-state index in [2.05, 4.69) is 25.8 Å². The SMILES string of the molecule is O=C(NCCN1CCNCC1)NCc1nc(C(=O)O)cs1. The zero-order valence-corrected chi connectivity index (χ0v) is 12.4. The first-order valence-corrected chi connectivity index (χ1v) is 7.65. The molecule has 2 rings (SSSR count). The van der Waals surface area contributed by atoms with Crippen LogP contribution in [0.5, 0.6) is 0 Å². The zero-order chi connectivity index (χ0) is 15.1. The molecule has 116 valence electrons. The minimum atomic E-state index is -1.06. The summed E-state index contributed by atoms with van der Waals surface area (Å²) in [6, 6.07) is -0.266. The highest BCUT2D eigenvalue weighted by Crippen LogP contribution is 2.09. The number of carbonyl (C=O) groups is 2. The molecule has 2 amide bonds. The van der Waals surface area contributed by atoms with Crippen LogP contribution < -0.4 is 16.0 Å². The average Bonchev–Trinajstić information content (AvgIpc) is 2.95. The maximum atomic E-state index is 11.6. The predicted octanol–water partition coefficient (Wildman–Crippen LogP) is -0.454. The van der Waals surface area contributed by atoms with Gasteiger partial charge in [-0.05, 0) is 0 Å². The Morgan fingerprint density at radius 1 is 1.38 bits per heavy atom. The number of nitrogens with one attached hydrogen (secondary N) is 3. The van der Waals surface area contributed by atoms with E-state index < -0.39 is 5.97 Å². The third-order valence-electron chi connectivity index (χ3n) is 3.09. The number of rotatable bonds is 6.